The molecule has 0 unspecified atom stereocenters. The van der Waals surface area contributed by atoms with E-state index in [2.05, 4.69) is 54.9 Å². The summed E-state index contributed by atoms with van der Waals surface area (Å²) in [5.41, 5.74) is 5.06. The number of aryl methyl sites for hydroxylation is 1. The minimum atomic E-state index is -0.434. The predicted molar refractivity (Wildman–Crippen MR) is 151 cm³/mol. The Morgan fingerprint density at radius 3 is 2.77 bits per heavy atom. The molecule has 1 N–H and O–H groups in total. The highest BCUT2D eigenvalue weighted by Crippen LogP contribution is 2.32. The molecular formula is C32H31N3O4. The van der Waals surface area contributed by atoms with E-state index in [-0.39, 0.29) is 18.9 Å². The molecule has 1 aliphatic rings. The number of hydrogen-bond acceptors (Lipinski definition) is 5. The topological polar surface area (TPSA) is 85.5 Å². The summed E-state index contributed by atoms with van der Waals surface area (Å²) in [6.45, 7) is 7.96. The van der Waals surface area contributed by atoms with Crippen molar-refractivity contribution in [2.45, 2.75) is 39.8 Å². The number of rotatable bonds is 9. The molecule has 2 heterocycles. The van der Waals surface area contributed by atoms with Crippen LogP contribution in [0.2, 0.25) is 0 Å². The van der Waals surface area contributed by atoms with Gasteiger partial charge in [0, 0.05) is 29.2 Å². The van der Waals surface area contributed by atoms with E-state index < -0.39 is 5.91 Å². The molecule has 1 aromatic heterocycles. The Bertz CT molecular complexity index is 1590. The lowest BCUT2D eigenvalue weighted by atomic mass is 10.0. The summed E-state index contributed by atoms with van der Waals surface area (Å²) in [6, 6.07) is 21.8. The second-order valence-electron chi connectivity index (χ2n) is 9.88. The van der Waals surface area contributed by atoms with Crippen LogP contribution in [0.3, 0.4) is 0 Å². The Kier molecular flexibility index (Phi) is 7.55. The maximum Gasteiger partial charge on any atom is 0.262 e. The SMILES string of the molecule is Cc1ccc(C(C)C)c(OCCn2cc(/C=C(\C#N)C(=O)NCc3ccc4c(c3)OCO4)c3ccccc32)c1. The van der Waals surface area contributed by atoms with Crippen molar-refractivity contribution in [3.63, 3.8) is 0 Å². The van der Waals surface area contributed by atoms with E-state index in [4.69, 9.17) is 14.2 Å². The number of aromatic nitrogens is 1. The van der Waals surface area contributed by atoms with Crippen LogP contribution in [-0.4, -0.2) is 23.9 Å². The van der Waals surface area contributed by atoms with Crippen LogP contribution in [-0.2, 0) is 17.9 Å². The molecule has 5 rings (SSSR count). The van der Waals surface area contributed by atoms with E-state index in [0.29, 0.717) is 30.6 Å². The second kappa shape index (κ2) is 11.4. The van der Waals surface area contributed by atoms with Gasteiger partial charge in [-0.1, -0.05) is 50.2 Å². The monoisotopic (exact) mass is 521 g/mol. The number of fused-ring (bicyclic) bond motifs is 2. The summed E-state index contributed by atoms with van der Waals surface area (Å²) in [7, 11) is 0. The third-order valence-electron chi connectivity index (χ3n) is 6.76. The molecule has 1 amide bonds. The Labute approximate surface area is 228 Å². The number of carbonyl (C=O) groups excluding carboxylic acids is 1. The molecule has 198 valence electrons. The highest BCUT2D eigenvalue weighted by Gasteiger charge is 2.16. The first-order chi connectivity index (χ1) is 18.9. The van der Waals surface area contributed by atoms with Crippen molar-refractivity contribution in [2.75, 3.05) is 13.4 Å². The first-order valence-electron chi connectivity index (χ1n) is 13.0. The lowest BCUT2D eigenvalue weighted by Crippen LogP contribution is -2.23. The zero-order chi connectivity index (χ0) is 27.4. The van der Waals surface area contributed by atoms with Gasteiger partial charge in [0.25, 0.3) is 5.91 Å². The molecule has 0 saturated heterocycles. The van der Waals surface area contributed by atoms with E-state index in [1.54, 1.807) is 6.08 Å². The Balaban J connectivity index is 1.31. The zero-order valence-corrected chi connectivity index (χ0v) is 22.4. The molecule has 0 spiro atoms. The summed E-state index contributed by atoms with van der Waals surface area (Å²) < 4.78 is 19.1. The quantitative estimate of drug-likeness (QED) is 0.212. The molecule has 39 heavy (non-hydrogen) atoms. The number of para-hydroxylation sites is 1. The van der Waals surface area contributed by atoms with Gasteiger partial charge in [0.15, 0.2) is 11.5 Å². The average molecular weight is 522 g/mol. The van der Waals surface area contributed by atoms with Gasteiger partial charge >= 0.3 is 0 Å². The predicted octanol–water partition coefficient (Wildman–Crippen LogP) is 6.10. The van der Waals surface area contributed by atoms with Crippen LogP contribution < -0.4 is 19.5 Å². The highest BCUT2D eigenvalue weighted by molar-refractivity contribution is 6.04. The zero-order valence-electron chi connectivity index (χ0n) is 22.4. The fourth-order valence-electron chi connectivity index (χ4n) is 4.71. The van der Waals surface area contributed by atoms with Crippen molar-refractivity contribution >= 4 is 22.9 Å². The van der Waals surface area contributed by atoms with Crippen molar-refractivity contribution in [1.29, 1.82) is 5.26 Å². The van der Waals surface area contributed by atoms with Gasteiger partial charge in [0.1, 0.15) is 24.0 Å². The standard InChI is InChI=1S/C32H31N3O4/c1-21(2)26-10-8-22(3)14-30(26)37-13-12-35-19-25(27-6-4-5-7-28(27)35)16-24(17-33)32(36)34-18-23-9-11-29-31(15-23)39-20-38-29/h4-11,14-16,19,21H,12-13,18,20H2,1-3H3,(H,34,36)/b24-16+. The molecule has 7 heteroatoms. The molecule has 1 aliphatic heterocycles. The largest absolute Gasteiger partial charge is 0.491 e. The van der Waals surface area contributed by atoms with Crippen LogP contribution in [0.4, 0.5) is 0 Å². The van der Waals surface area contributed by atoms with E-state index in [9.17, 15) is 10.1 Å². The fourth-order valence-corrected chi connectivity index (χ4v) is 4.71. The van der Waals surface area contributed by atoms with Crippen LogP contribution >= 0.6 is 0 Å². The van der Waals surface area contributed by atoms with Crippen LogP contribution in [0.25, 0.3) is 17.0 Å². The van der Waals surface area contributed by atoms with Crippen LogP contribution in [0.5, 0.6) is 17.2 Å². The van der Waals surface area contributed by atoms with Gasteiger partial charge in [0.05, 0.1) is 6.54 Å². The minimum Gasteiger partial charge on any atom is -0.491 e. The number of nitrogens with zero attached hydrogens (tertiary/aromatic N) is 2. The molecule has 0 bridgehead atoms. The van der Waals surface area contributed by atoms with Crippen molar-refractivity contribution in [3.05, 3.63) is 94.7 Å². The highest BCUT2D eigenvalue weighted by atomic mass is 16.7. The van der Waals surface area contributed by atoms with Crippen molar-refractivity contribution in [2.24, 2.45) is 0 Å². The molecule has 7 nitrogen and oxygen atoms in total. The molecule has 0 atom stereocenters. The summed E-state index contributed by atoms with van der Waals surface area (Å²) in [6.07, 6.45) is 3.61. The van der Waals surface area contributed by atoms with E-state index in [1.807, 2.05) is 48.7 Å². The van der Waals surface area contributed by atoms with Gasteiger partial charge in [-0.25, -0.2) is 0 Å². The molecule has 4 aromatic rings. The van der Waals surface area contributed by atoms with Gasteiger partial charge in [-0.05, 0) is 59.9 Å². The summed E-state index contributed by atoms with van der Waals surface area (Å²) in [4.78, 5) is 12.9. The first-order valence-corrected chi connectivity index (χ1v) is 13.0. The van der Waals surface area contributed by atoms with Gasteiger partial charge < -0.3 is 24.1 Å². The average Bonchev–Trinajstić information content (AvgIpc) is 3.54. The van der Waals surface area contributed by atoms with Gasteiger partial charge in [-0.3, -0.25) is 4.79 Å². The number of amides is 1. The second-order valence-corrected chi connectivity index (χ2v) is 9.88. The number of carbonyl (C=O) groups is 1. The molecule has 0 radical (unpaired) electrons. The van der Waals surface area contributed by atoms with Crippen molar-refractivity contribution in [1.82, 2.24) is 9.88 Å². The van der Waals surface area contributed by atoms with Crippen LogP contribution in [0.15, 0.2) is 72.4 Å². The normalized spacial score (nSPS) is 12.5. The number of nitriles is 1. The van der Waals surface area contributed by atoms with Gasteiger partial charge in [-0.2, -0.15) is 5.26 Å². The molecule has 0 saturated carbocycles. The molecular weight excluding hydrogens is 490 g/mol. The van der Waals surface area contributed by atoms with E-state index in [0.717, 1.165) is 33.3 Å². The van der Waals surface area contributed by atoms with Gasteiger partial charge in [0.2, 0.25) is 6.79 Å². The van der Waals surface area contributed by atoms with Gasteiger partial charge in [-0.15, -0.1) is 0 Å². The van der Waals surface area contributed by atoms with Crippen molar-refractivity contribution < 1.29 is 19.0 Å². The first kappa shape index (κ1) is 25.9. The minimum absolute atomic E-state index is 0.0382. The summed E-state index contributed by atoms with van der Waals surface area (Å²) >= 11 is 0. The van der Waals surface area contributed by atoms with Crippen LogP contribution in [0, 0.1) is 18.3 Å². The van der Waals surface area contributed by atoms with E-state index >= 15 is 0 Å². The number of nitrogens with one attached hydrogen (secondary N) is 1. The number of hydrogen-bond donors (Lipinski definition) is 1. The molecule has 0 aliphatic carbocycles. The number of ether oxygens (including phenoxy) is 3. The summed E-state index contributed by atoms with van der Waals surface area (Å²) in [5, 5.41) is 13.6. The Morgan fingerprint density at radius 1 is 1.13 bits per heavy atom. The van der Waals surface area contributed by atoms with Crippen molar-refractivity contribution in [3.8, 4) is 23.3 Å². The Morgan fingerprint density at radius 2 is 1.95 bits per heavy atom. The third kappa shape index (κ3) is 5.75. The molecule has 0 fully saturated rings. The van der Waals surface area contributed by atoms with Crippen LogP contribution in [0.1, 0.15) is 42.0 Å². The maximum absolute atomic E-state index is 12.9. The lowest BCUT2D eigenvalue weighted by molar-refractivity contribution is -0.117. The Hall–Kier alpha value is -4.70. The van der Waals surface area contributed by atoms with E-state index in [1.165, 1.54) is 5.56 Å². The lowest BCUT2D eigenvalue weighted by Gasteiger charge is -2.15. The fraction of sp³-hybridized carbons (Fsp3) is 0.250. The third-order valence-corrected chi connectivity index (χ3v) is 6.76. The summed E-state index contributed by atoms with van der Waals surface area (Å²) in [5.74, 6) is 2.18. The number of benzene rings is 3. The maximum atomic E-state index is 12.9. The smallest absolute Gasteiger partial charge is 0.262 e. The molecule has 3 aromatic carbocycles.